The van der Waals surface area contributed by atoms with E-state index >= 15 is 0 Å². The molecule has 3 fully saturated rings. The third-order valence-electron chi connectivity index (χ3n) is 8.54. The van der Waals surface area contributed by atoms with Crippen LogP contribution in [0.15, 0.2) is 54.6 Å². The van der Waals surface area contributed by atoms with E-state index in [4.69, 9.17) is 0 Å². The summed E-state index contributed by atoms with van der Waals surface area (Å²) in [7, 11) is 0. The molecule has 2 aromatic carbocycles. The molecule has 1 amide bonds. The van der Waals surface area contributed by atoms with Crippen molar-refractivity contribution in [3.05, 3.63) is 65.7 Å². The van der Waals surface area contributed by atoms with E-state index < -0.39 is 0 Å². The third-order valence-corrected chi connectivity index (χ3v) is 8.54. The summed E-state index contributed by atoms with van der Waals surface area (Å²) in [6.07, 6.45) is 10.9. The Balaban J connectivity index is 1.01. The van der Waals surface area contributed by atoms with E-state index in [1.165, 1.54) is 69.4 Å². The van der Waals surface area contributed by atoms with Crippen molar-refractivity contribution in [2.24, 2.45) is 5.92 Å². The van der Waals surface area contributed by atoms with Gasteiger partial charge in [0, 0.05) is 49.5 Å². The maximum Gasteiger partial charge on any atom is 0.251 e. The van der Waals surface area contributed by atoms with Crippen LogP contribution < -0.4 is 15.5 Å². The van der Waals surface area contributed by atoms with Gasteiger partial charge < -0.3 is 20.4 Å². The smallest absolute Gasteiger partial charge is 0.251 e. The fourth-order valence-electron chi connectivity index (χ4n) is 6.29. The van der Waals surface area contributed by atoms with Gasteiger partial charge in [0.25, 0.3) is 5.91 Å². The van der Waals surface area contributed by atoms with E-state index in [-0.39, 0.29) is 5.91 Å². The number of piperidine rings is 2. The molecule has 1 atom stereocenters. The molecule has 5 rings (SSSR count). The lowest BCUT2D eigenvalue weighted by Gasteiger charge is -2.36. The minimum Gasteiger partial charge on any atom is -0.371 e. The zero-order valence-corrected chi connectivity index (χ0v) is 21.8. The number of carbonyl (C=O) groups excluding carboxylic acids is 1. The fraction of sp³-hybridized carbons (Fsp3) is 0.581. The molecule has 2 aromatic rings. The number of anilines is 1. The van der Waals surface area contributed by atoms with Gasteiger partial charge >= 0.3 is 0 Å². The molecule has 1 aliphatic carbocycles. The number of carbonyl (C=O) groups is 1. The summed E-state index contributed by atoms with van der Waals surface area (Å²) < 4.78 is 0. The number of rotatable bonds is 9. The topological polar surface area (TPSA) is 47.6 Å². The van der Waals surface area contributed by atoms with Crippen LogP contribution in [0.4, 0.5) is 5.69 Å². The van der Waals surface area contributed by atoms with Gasteiger partial charge in [-0.05, 0) is 93.8 Å². The van der Waals surface area contributed by atoms with Gasteiger partial charge in [0.15, 0.2) is 0 Å². The summed E-state index contributed by atoms with van der Waals surface area (Å²) in [6.45, 7) is 6.98. The van der Waals surface area contributed by atoms with Gasteiger partial charge in [0.05, 0.1) is 0 Å². The zero-order valence-electron chi connectivity index (χ0n) is 21.8. The second-order valence-electron chi connectivity index (χ2n) is 11.2. The first kappa shape index (κ1) is 25.3. The van der Waals surface area contributed by atoms with Crippen LogP contribution in [0.5, 0.6) is 0 Å². The molecule has 0 aromatic heterocycles. The SMILES string of the molecule is O=C(NC1CCCC1)c1ccc(N2CCC(NC[C@@H]3CCCN(CCc4ccccc4)C3)CC2)cc1. The van der Waals surface area contributed by atoms with E-state index in [0.717, 1.165) is 50.4 Å². The van der Waals surface area contributed by atoms with Crippen LogP contribution in [-0.4, -0.2) is 62.2 Å². The minimum atomic E-state index is 0.0812. The Labute approximate surface area is 217 Å². The van der Waals surface area contributed by atoms with Gasteiger partial charge in [-0.15, -0.1) is 0 Å². The van der Waals surface area contributed by atoms with Crippen molar-refractivity contribution in [2.75, 3.05) is 44.2 Å². The highest BCUT2D eigenvalue weighted by Crippen LogP contribution is 2.23. The number of nitrogens with zero attached hydrogens (tertiary/aromatic N) is 2. The molecule has 2 saturated heterocycles. The van der Waals surface area contributed by atoms with Crippen LogP contribution in [0.25, 0.3) is 0 Å². The summed E-state index contributed by atoms with van der Waals surface area (Å²) in [6, 6.07) is 20.1. The molecule has 2 heterocycles. The summed E-state index contributed by atoms with van der Waals surface area (Å²) in [5, 5.41) is 7.10. The Morgan fingerprint density at radius 1 is 0.806 bits per heavy atom. The molecular weight excluding hydrogens is 444 g/mol. The predicted octanol–water partition coefficient (Wildman–Crippen LogP) is 4.87. The number of hydrogen-bond acceptors (Lipinski definition) is 4. The van der Waals surface area contributed by atoms with E-state index in [0.29, 0.717) is 12.1 Å². The van der Waals surface area contributed by atoms with Gasteiger partial charge in [0.2, 0.25) is 0 Å². The fourth-order valence-corrected chi connectivity index (χ4v) is 6.29. The summed E-state index contributed by atoms with van der Waals surface area (Å²) in [5.74, 6) is 0.855. The molecular formula is C31H44N4O. The van der Waals surface area contributed by atoms with Gasteiger partial charge in [-0.2, -0.15) is 0 Å². The van der Waals surface area contributed by atoms with Crippen molar-refractivity contribution in [3.63, 3.8) is 0 Å². The molecule has 36 heavy (non-hydrogen) atoms. The monoisotopic (exact) mass is 488 g/mol. The number of likely N-dealkylation sites (tertiary alicyclic amines) is 1. The second-order valence-corrected chi connectivity index (χ2v) is 11.2. The predicted molar refractivity (Wildman–Crippen MR) is 149 cm³/mol. The summed E-state index contributed by atoms with van der Waals surface area (Å²) in [4.78, 5) is 17.7. The first-order valence-electron chi connectivity index (χ1n) is 14.4. The molecule has 0 unspecified atom stereocenters. The minimum absolute atomic E-state index is 0.0812. The molecule has 0 bridgehead atoms. The molecule has 0 spiro atoms. The average molecular weight is 489 g/mol. The number of benzene rings is 2. The Kier molecular flexibility index (Phi) is 8.95. The zero-order chi connectivity index (χ0) is 24.6. The van der Waals surface area contributed by atoms with Crippen LogP contribution in [0.1, 0.15) is 67.3 Å². The standard InChI is InChI=1S/C31H44N4O/c36-31(33-29-10-4-5-11-29)27-12-14-30(15-13-27)35-21-17-28(18-22-35)32-23-26-9-6-19-34(24-26)20-16-25-7-2-1-3-8-25/h1-3,7-8,12-15,26,28-29,32H,4-6,9-11,16-24H2,(H,33,36)/t26-/m0/s1. The summed E-state index contributed by atoms with van der Waals surface area (Å²) >= 11 is 0. The lowest BCUT2D eigenvalue weighted by Crippen LogP contribution is -2.46. The maximum absolute atomic E-state index is 12.5. The van der Waals surface area contributed by atoms with Crippen molar-refractivity contribution in [1.82, 2.24) is 15.5 Å². The average Bonchev–Trinajstić information content (AvgIpc) is 3.45. The molecule has 2 aliphatic heterocycles. The van der Waals surface area contributed by atoms with Crippen molar-refractivity contribution >= 4 is 11.6 Å². The summed E-state index contributed by atoms with van der Waals surface area (Å²) in [5.41, 5.74) is 3.48. The van der Waals surface area contributed by atoms with Gasteiger partial charge in [-0.1, -0.05) is 43.2 Å². The number of nitrogens with one attached hydrogen (secondary N) is 2. The molecule has 1 saturated carbocycles. The molecule has 5 heteroatoms. The highest BCUT2D eigenvalue weighted by molar-refractivity contribution is 5.94. The van der Waals surface area contributed by atoms with Crippen molar-refractivity contribution < 1.29 is 4.79 Å². The maximum atomic E-state index is 12.5. The van der Waals surface area contributed by atoms with Gasteiger partial charge in [-0.25, -0.2) is 0 Å². The molecule has 2 N–H and O–H groups in total. The van der Waals surface area contributed by atoms with Crippen LogP contribution in [-0.2, 0) is 6.42 Å². The van der Waals surface area contributed by atoms with Crippen LogP contribution >= 0.6 is 0 Å². The highest BCUT2D eigenvalue weighted by atomic mass is 16.1. The Morgan fingerprint density at radius 3 is 2.31 bits per heavy atom. The van der Waals surface area contributed by atoms with Crippen molar-refractivity contribution in [1.29, 1.82) is 0 Å². The third kappa shape index (κ3) is 7.10. The van der Waals surface area contributed by atoms with E-state index in [9.17, 15) is 4.79 Å². The van der Waals surface area contributed by atoms with Crippen molar-refractivity contribution in [2.45, 2.75) is 69.9 Å². The highest BCUT2D eigenvalue weighted by Gasteiger charge is 2.24. The number of amides is 1. The Morgan fingerprint density at radius 2 is 1.56 bits per heavy atom. The lowest BCUT2D eigenvalue weighted by molar-refractivity contribution is 0.0938. The normalized spacial score (nSPS) is 22.1. The molecule has 3 aliphatic rings. The largest absolute Gasteiger partial charge is 0.371 e. The quantitative estimate of drug-likeness (QED) is 0.529. The van der Waals surface area contributed by atoms with Crippen molar-refractivity contribution in [3.8, 4) is 0 Å². The van der Waals surface area contributed by atoms with Crippen LogP contribution in [0.3, 0.4) is 0 Å². The lowest BCUT2D eigenvalue weighted by atomic mass is 9.96. The Bertz CT molecular complexity index is 933. The Hall–Kier alpha value is -2.37. The van der Waals surface area contributed by atoms with Gasteiger partial charge in [0.1, 0.15) is 0 Å². The second kappa shape index (κ2) is 12.7. The van der Waals surface area contributed by atoms with Gasteiger partial charge in [-0.3, -0.25) is 4.79 Å². The molecule has 0 radical (unpaired) electrons. The van der Waals surface area contributed by atoms with E-state index in [1.54, 1.807) is 0 Å². The van der Waals surface area contributed by atoms with E-state index in [2.05, 4.69) is 62.9 Å². The van der Waals surface area contributed by atoms with Crippen LogP contribution in [0.2, 0.25) is 0 Å². The molecule has 5 nitrogen and oxygen atoms in total. The molecule has 194 valence electrons. The first-order valence-corrected chi connectivity index (χ1v) is 14.4. The van der Waals surface area contributed by atoms with Crippen LogP contribution in [0, 0.1) is 5.92 Å². The number of hydrogen-bond donors (Lipinski definition) is 2. The first-order chi connectivity index (χ1) is 17.7. The van der Waals surface area contributed by atoms with E-state index in [1.807, 2.05) is 12.1 Å².